The number of methoxy groups -OCH3 is 2. The molecule has 0 radical (unpaired) electrons. The number of para-hydroxylation sites is 2. The van der Waals surface area contributed by atoms with Crippen LogP contribution in [0.15, 0.2) is 54.7 Å². The van der Waals surface area contributed by atoms with Gasteiger partial charge in [0.05, 0.1) is 20.3 Å². The first-order valence-electron chi connectivity index (χ1n) is 14.8. The summed E-state index contributed by atoms with van der Waals surface area (Å²) in [6.45, 7) is 4.01. The van der Waals surface area contributed by atoms with Crippen LogP contribution < -0.4 is 4.74 Å². The fraction of sp³-hybridized carbons (Fsp3) is 0.515. The van der Waals surface area contributed by atoms with Crippen LogP contribution in [0.2, 0.25) is 0 Å². The van der Waals surface area contributed by atoms with Gasteiger partial charge in [0.15, 0.2) is 0 Å². The summed E-state index contributed by atoms with van der Waals surface area (Å²) in [6.07, 6.45) is 11.2. The highest BCUT2D eigenvalue weighted by Crippen LogP contribution is 2.22. The van der Waals surface area contributed by atoms with Crippen LogP contribution in [0.3, 0.4) is 0 Å². The molecule has 0 aliphatic rings. The van der Waals surface area contributed by atoms with Crippen molar-refractivity contribution in [2.45, 2.75) is 71.3 Å². The van der Waals surface area contributed by atoms with Gasteiger partial charge in [-0.2, -0.15) is 0 Å². The molecule has 0 aliphatic carbocycles. The van der Waals surface area contributed by atoms with Gasteiger partial charge in [0, 0.05) is 55.8 Å². The molecule has 0 fully saturated rings. The van der Waals surface area contributed by atoms with Crippen LogP contribution in [0.25, 0.3) is 10.9 Å². The SMILES string of the molecule is CCCCCCCCCC(=O)N(CCOC)CC(=O)N(CCc1c[nH]c2ccccc12)Cc1ccccc1OC. The first-order chi connectivity index (χ1) is 19.6. The van der Waals surface area contributed by atoms with Gasteiger partial charge in [-0.25, -0.2) is 0 Å². The number of hydrogen-bond donors (Lipinski definition) is 1. The van der Waals surface area contributed by atoms with Gasteiger partial charge in [-0.3, -0.25) is 9.59 Å². The van der Waals surface area contributed by atoms with Gasteiger partial charge in [0.2, 0.25) is 11.8 Å². The molecular formula is C33H47N3O4. The number of nitrogens with one attached hydrogen (secondary N) is 1. The van der Waals surface area contributed by atoms with Crippen molar-refractivity contribution in [2.75, 3.05) is 40.5 Å². The number of hydrogen-bond acceptors (Lipinski definition) is 4. The van der Waals surface area contributed by atoms with E-state index in [2.05, 4.69) is 24.0 Å². The molecule has 218 valence electrons. The van der Waals surface area contributed by atoms with E-state index in [1.54, 1.807) is 19.1 Å². The van der Waals surface area contributed by atoms with E-state index < -0.39 is 0 Å². The molecule has 0 atom stereocenters. The van der Waals surface area contributed by atoms with Crippen molar-refractivity contribution < 1.29 is 19.1 Å². The monoisotopic (exact) mass is 549 g/mol. The Bertz CT molecular complexity index is 1180. The molecule has 1 N–H and O–H groups in total. The molecule has 0 saturated heterocycles. The van der Waals surface area contributed by atoms with Crippen molar-refractivity contribution in [3.8, 4) is 5.75 Å². The maximum atomic E-state index is 13.8. The molecule has 0 unspecified atom stereocenters. The topological polar surface area (TPSA) is 74.9 Å². The zero-order chi connectivity index (χ0) is 28.6. The van der Waals surface area contributed by atoms with Gasteiger partial charge < -0.3 is 24.3 Å². The van der Waals surface area contributed by atoms with Crippen LogP contribution in [0, 0.1) is 0 Å². The summed E-state index contributed by atoms with van der Waals surface area (Å²) >= 11 is 0. The number of fused-ring (bicyclic) bond motifs is 1. The van der Waals surface area contributed by atoms with E-state index in [-0.39, 0.29) is 18.4 Å². The average molecular weight is 550 g/mol. The summed E-state index contributed by atoms with van der Waals surface area (Å²) in [6, 6.07) is 16.0. The van der Waals surface area contributed by atoms with Gasteiger partial charge >= 0.3 is 0 Å². The van der Waals surface area contributed by atoms with E-state index in [1.807, 2.05) is 47.5 Å². The second-order valence-corrected chi connectivity index (χ2v) is 10.4. The molecule has 0 aliphatic heterocycles. The molecule has 3 aromatic rings. The first kappa shape index (κ1) is 31.2. The van der Waals surface area contributed by atoms with Crippen LogP contribution in [-0.4, -0.2) is 67.1 Å². The zero-order valence-electron chi connectivity index (χ0n) is 24.6. The Kier molecular flexibility index (Phi) is 13.6. The molecule has 0 bridgehead atoms. The van der Waals surface area contributed by atoms with Crippen molar-refractivity contribution in [1.82, 2.24) is 14.8 Å². The maximum absolute atomic E-state index is 13.8. The third kappa shape index (κ3) is 9.70. The molecule has 2 amide bonds. The number of H-pyrrole nitrogens is 1. The minimum atomic E-state index is -0.0743. The number of aromatic nitrogens is 1. The van der Waals surface area contributed by atoms with Gasteiger partial charge in [-0.15, -0.1) is 0 Å². The molecule has 0 spiro atoms. The van der Waals surface area contributed by atoms with Gasteiger partial charge in [-0.05, 0) is 30.5 Å². The maximum Gasteiger partial charge on any atom is 0.242 e. The second-order valence-electron chi connectivity index (χ2n) is 10.4. The summed E-state index contributed by atoms with van der Waals surface area (Å²) in [5.41, 5.74) is 3.19. The fourth-order valence-electron chi connectivity index (χ4n) is 5.07. The van der Waals surface area contributed by atoms with Gasteiger partial charge in [0.25, 0.3) is 0 Å². The number of aromatic amines is 1. The molecule has 40 heavy (non-hydrogen) atoms. The molecule has 1 heterocycles. The van der Waals surface area contributed by atoms with Crippen molar-refractivity contribution in [2.24, 2.45) is 0 Å². The largest absolute Gasteiger partial charge is 0.496 e. The number of nitrogens with zero attached hydrogens (tertiary/aromatic N) is 2. The first-order valence-corrected chi connectivity index (χ1v) is 14.8. The molecule has 0 saturated carbocycles. The van der Waals surface area contributed by atoms with E-state index in [0.29, 0.717) is 39.1 Å². The summed E-state index contributed by atoms with van der Waals surface area (Å²) in [5, 5.41) is 1.17. The highest BCUT2D eigenvalue weighted by molar-refractivity contribution is 5.85. The summed E-state index contributed by atoms with van der Waals surface area (Å²) in [4.78, 5) is 33.8. The van der Waals surface area contributed by atoms with Crippen LogP contribution >= 0.6 is 0 Å². The van der Waals surface area contributed by atoms with Crippen LogP contribution in [0.1, 0.15) is 69.4 Å². The lowest BCUT2D eigenvalue weighted by Crippen LogP contribution is -2.44. The Morgan fingerprint density at radius 3 is 2.30 bits per heavy atom. The number of ether oxygens (including phenoxy) is 2. The van der Waals surface area contributed by atoms with E-state index >= 15 is 0 Å². The highest BCUT2D eigenvalue weighted by atomic mass is 16.5. The Hall–Kier alpha value is -3.32. The van der Waals surface area contributed by atoms with Crippen LogP contribution in [0.4, 0.5) is 0 Å². The molecule has 1 aromatic heterocycles. The Balaban J connectivity index is 1.68. The zero-order valence-corrected chi connectivity index (χ0v) is 24.6. The smallest absolute Gasteiger partial charge is 0.242 e. The van der Waals surface area contributed by atoms with Gasteiger partial charge in [-0.1, -0.05) is 81.8 Å². The minimum Gasteiger partial charge on any atom is -0.496 e. The number of rotatable bonds is 19. The summed E-state index contributed by atoms with van der Waals surface area (Å²) in [5.74, 6) is 0.696. The Morgan fingerprint density at radius 2 is 1.52 bits per heavy atom. The highest BCUT2D eigenvalue weighted by Gasteiger charge is 2.22. The van der Waals surface area contributed by atoms with E-state index in [0.717, 1.165) is 36.1 Å². The molecular weight excluding hydrogens is 502 g/mol. The number of carbonyl (C=O) groups excluding carboxylic acids is 2. The van der Waals surface area contributed by atoms with E-state index in [1.165, 1.54) is 36.6 Å². The molecule has 7 nitrogen and oxygen atoms in total. The van der Waals surface area contributed by atoms with Gasteiger partial charge in [0.1, 0.15) is 5.75 Å². The predicted molar refractivity (Wildman–Crippen MR) is 161 cm³/mol. The summed E-state index contributed by atoms with van der Waals surface area (Å²) < 4.78 is 10.8. The Morgan fingerprint density at radius 1 is 0.800 bits per heavy atom. The number of benzene rings is 2. The van der Waals surface area contributed by atoms with Crippen molar-refractivity contribution >= 4 is 22.7 Å². The van der Waals surface area contributed by atoms with Crippen molar-refractivity contribution in [1.29, 1.82) is 0 Å². The minimum absolute atomic E-state index is 0.0211. The Labute approximate surface area is 239 Å². The fourth-order valence-corrected chi connectivity index (χ4v) is 5.07. The lowest BCUT2D eigenvalue weighted by Gasteiger charge is -2.28. The van der Waals surface area contributed by atoms with Crippen molar-refractivity contribution in [3.63, 3.8) is 0 Å². The number of unbranched alkanes of at least 4 members (excludes halogenated alkanes) is 6. The lowest BCUT2D eigenvalue weighted by atomic mass is 10.1. The third-order valence-corrected chi connectivity index (χ3v) is 7.47. The number of carbonyl (C=O) groups is 2. The molecule has 3 rings (SSSR count). The molecule has 2 aromatic carbocycles. The third-order valence-electron chi connectivity index (χ3n) is 7.47. The average Bonchev–Trinajstić information content (AvgIpc) is 3.39. The predicted octanol–water partition coefficient (Wildman–Crippen LogP) is 6.36. The van der Waals surface area contributed by atoms with Crippen molar-refractivity contribution in [3.05, 3.63) is 65.9 Å². The normalized spacial score (nSPS) is 11.1. The standard InChI is InChI=1S/C33H47N3O4/c1-4-5-6-7-8-9-10-19-32(37)36(22-23-39-2)26-33(38)35(25-28-15-11-14-18-31(28)40-3)21-20-27-24-34-30-17-13-12-16-29(27)30/h11-18,24,34H,4-10,19-23,25-26H2,1-3H3. The summed E-state index contributed by atoms with van der Waals surface area (Å²) in [7, 11) is 3.27. The molecule has 7 heteroatoms. The quantitative estimate of drug-likeness (QED) is 0.177. The van der Waals surface area contributed by atoms with Crippen LogP contribution in [-0.2, 0) is 27.3 Å². The van der Waals surface area contributed by atoms with E-state index in [4.69, 9.17) is 9.47 Å². The lowest BCUT2D eigenvalue weighted by molar-refractivity contribution is -0.141. The van der Waals surface area contributed by atoms with E-state index in [9.17, 15) is 9.59 Å². The second kappa shape index (κ2) is 17.4. The number of amides is 2. The van der Waals surface area contributed by atoms with Crippen LogP contribution in [0.5, 0.6) is 5.75 Å².